The zero-order valence-corrected chi connectivity index (χ0v) is 14.3. The van der Waals surface area contributed by atoms with E-state index in [2.05, 4.69) is 9.55 Å². The SMILES string of the molecule is N#Cc1cccc(S(=O)(=O)N2CCCn3c(nc4ccccc43)C2)c1. The fourth-order valence-electron chi connectivity index (χ4n) is 3.22. The molecule has 0 radical (unpaired) electrons. The Morgan fingerprint density at radius 3 is 2.76 bits per heavy atom. The second-order valence-electron chi connectivity index (χ2n) is 6.00. The summed E-state index contributed by atoms with van der Waals surface area (Å²) in [6.07, 6.45) is 0.713. The van der Waals surface area contributed by atoms with E-state index in [9.17, 15) is 8.42 Å². The minimum Gasteiger partial charge on any atom is -0.327 e. The Hall–Kier alpha value is -2.69. The Kier molecular flexibility index (Phi) is 3.79. The molecule has 7 heteroatoms. The number of para-hydroxylation sites is 2. The highest BCUT2D eigenvalue weighted by atomic mass is 32.2. The largest absolute Gasteiger partial charge is 0.327 e. The molecule has 1 aromatic heterocycles. The summed E-state index contributed by atoms with van der Waals surface area (Å²) >= 11 is 0. The maximum absolute atomic E-state index is 13.0. The van der Waals surface area contributed by atoms with E-state index in [1.165, 1.54) is 16.4 Å². The molecule has 0 aliphatic carbocycles. The first-order valence-electron chi connectivity index (χ1n) is 8.04. The van der Waals surface area contributed by atoms with Gasteiger partial charge in [0, 0.05) is 13.1 Å². The van der Waals surface area contributed by atoms with Crippen LogP contribution in [0.25, 0.3) is 11.0 Å². The Bertz CT molecular complexity index is 1100. The highest BCUT2D eigenvalue weighted by Gasteiger charge is 2.28. The molecule has 0 atom stereocenters. The summed E-state index contributed by atoms with van der Waals surface area (Å²) in [6, 6.07) is 16.0. The third-order valence-corrected chi connectivity index (χ3v) is 6.28. The molecule has 0 bridgehead atoms. The van der Waals surface area contributed by atoms with Crippen LogP contribution in [0.4, 0.5) is 0 Å². The second kappa shape index (κ2) is 5.99. The van der Waals surface area contributed by atoms with Gasteiger partial charge in [0.25, 0.3) is 0 Å². The van der Waals surface area contributed by atoms with Crippen molar-refractivity contribution in [2.24, 2.45) is 0 Å². The van der Waals surface area contributed by atoms with Crippen LogP contribution in [0.15, 0.2) is 53.4 Å². The van der Waals surface area contributed by atoms with Crippen molar-refractivity contribution >= 4 is 21.1 Å². The summed E-state index contributed by atoms with van der Waals surface area (Å²) in [5.41, 5.74) is 2.24. The molecule has 25 heavy (non-hydrogen) atoms. The fourth-order valence-corrected chi connectivity index (χ4v) is 4.70. The van der Waals surface area contributed by atoms with Crippen LogP contribution in [-0.4, -0.2) is 28.8 Å². The van der Waals surface area contributed by atoms with Crippen LogP contribution in [0.1, 0.15) is 17.8 Å². The zero-order valence-electron chi connectivity index (χ0n) is 13.5. The molecule has 0 saturated heterocycles. The van der Waals surface area contributed by atoms with E-state index in [0.717, 1.165) is 23.4 Å². The van der Waals surface area contributed by atoms with Gasteiger partial charge in [-0.15, -0.1) is 0 Å². The Balaban J connectivity index is 1.74. The first-order chi connectivity index (χ1) is 12.1. The smallest absolute Gasteiger partial charge is 0.243 e. The summed E-state index contributed by atoms with van der Waals surface area (Å²) < 4.78 is 29.6. The normalized spacial score (nSPS) is 15.5. The van der Waals surface area contributed by atoms with Gasteiger partial charge >= 0.3 is 0 Å². The quantitative estimate of drug-likeness (QED) is 0.710. The molecule has 3 aromatic rings. The number of aromatic nitrogens is 2. The minimum atomic E-state index is -3.67. The molecular weight excluding hydrogens is 336 g/mol. The van der Waals surface area contributed by atoms with Gasteiger partial charge in [0.2, 0.25) is 10.0 Å². The van der Waals surface area contributed by atoms with Crippen LogP contribution < -0.4 is 0 Å². The third-order valence-electron chi connectivity index (χ3n) is 4.44. The lowest BCUT2D eigenvalue weighted by Crippen LogP contribution is -2.31. The van der Waals surface area contributed by atoms with Crippen LogP contribution in [0.5, 0.6) is 0 Å². The average molecular weight is 352 g/mol. The molecule has 1 aliphatic rings. The van der Waals surface area contributed by atoms with Crippen molar-refractivity contribution in [3.63, 3.8) is 0 Å². The number of benzene rings is 2. The summed E-state index contributed by atoms with van der Waals surface area (Å²) in [6.45, 7) is 1.39. The van der Waals surface area contributed by atoms with Gasteiger partial charge < -0.3 is 4.57 Å². The van der Waals surface area contributed by atoms with Crippen molar-refractivity contribution in [2.45, 2.75) is 24.4 Å². The summed E-state index contributed by atoms with van der Waals surface area (Å²) in [5, 5.41) is 9.02. The van der Waals surface area contributed by atoms with E-state index in [0.29, 0.717) is 18.5 Å². The molecule has 0 unspecified atom stereocenters. The number of nitriles is 1. The molecular formula is C18H16N4O2S. The van der Waals surface area contributed by atoms with Crippen molar-refractivity contribution in [2.75, 3.05) is 6.54 Å². The van der Waals surface area contributed by atoms with Crippen molar-refractivity contribution in [1.29, 1.82) is 5.26 Å². The molecule has 6 nitrogen and oxygen atoms in total. The van der Waals surface area contributed by atoms with Gasteiger partial charge in [-0.2, -0.15) is 9.57 Å². The van der Waals surface area contributed by atoms with E-state index in [1.807, 2.05) is 30.3 Å². The molecule has 2 heterocycles. The third kappa shape index (κ3) is 2.69. The molecule has 0 spiro atoms. The summed E-state index contributed by atoms with van der Waals surface area (Å²) in [5.74, 6) is 0.749. The van der Waals surface area contributed by atoms with Gasteiger partial charge in [0.15, 0.2) is 0 Å². The fraction of sp³-hybridized carbons (Fsp3) is 0.222. The maximum Gasteiger partial charge on any atom is 0.243 e. The molecule has 0 saturated carbocycles. The minimum absolute atomic E-state index is 0.149. The standard InChI is InChI=1S/C18H16N4O2S/c19-12-14-5-3-6-15(11-14)25(23,24)21-9-4-10-22-17-8-2-1-7-16(17)20-18(22)13-21/h1-3,5-8,11H,4,9-10,13H2. The monoisotopic (exact) mass is 352 g/mol. The van der Waals surface area contributed by atoms with Crippen molar-refractivity contribution in [3.05, 3.63) is 59.9 Å². The topological polar surface area (TPSA) is 79.0 Å². The number of nitrogens with zero attached hydrogens (tertiary/aromatic N) is 4. The van der Waals surface area contributed by atoms with Crippen molar-refractivity contribution < 1.29 is 8.42 Å². The molecule has 126 valence electrons. The lowest BCUT2D eigenvalue weighted by atomic mass is 10.2. The highest BCUT2D eigenvalue weighted by molar-refractivity contribution is 7.89. The molecule has 0 amide bonds. The number of fused-ring (bicyclic) bond motifs is 3. The molecule has 0 fully saturated rings. The molecule has 4 rings (SSSR count). The van der Waals surface area contributed by atoms with E-state index in [1.54, 1.807) is 12.1 Å². The van der Waals surface area contributed by atoms with Gasteiger partial charge in [-0.1, -0.05) is 18.2 Å². The average Bonchev–Trinajstić information content (AvgIpc) is 2.84. The number of sulfonamides is 1. The lowest BCUT2D eigenvalue weighted by Gasteiger charge is -2.19. The molecule has 1 aliphatic heterocycles. The number of rotatable bonds is 2. The van der Waals surface area contributed by atoms with Crippen LogP contribution in [0.3, 0.4) is 0 Å². The Morgan fingerprint density at radius 1 is 1.08 bits per heavy atom. The number of imidazole rings is 1. The molecule has 0 N–H and O–H groups in total. The van der Waals surface area contributed by atoms with Gasteiger partial charge in [0.1, 0.15) is 5.82 Å². The highest BCUT2D eigenvalue weighted by Crippen LogP contribution is 2.25. The van der Waals surface area contributed by atoms with Crippen LogP contribution in [0, 0.1) is 11.3 Å². The van der Waals surface area contributed by atoms with Crippen LogP contribution >= 0.6 is 0 Å². The molecule has 2 aromatic carbocycles. The maximum atomic E-state index is 13.0. The van der Waals surface area contributed by atoms with Crippen molar-refractivity contribution in [3.8, 4) is 6.07 Å². The predicted molar refractivity (Wildman–Crippen MR) is 93.1 cm³/mol. The summed E-state index contributed by atoms with van der Waals surface area (Å²) in [7, 11) is -3.67. The van der Waals surface area contributed by atoms with Crippen molar-refractivity contribution in [1.82, 2.24) is 13.9 Å². The van der Waals surface area contributed by atoms with E-state index in [-0.39, 0.29) is 11.4 Å². The predicted octanol–water partition coefficient (Wildman–Crippen LogP) is 2.50. The van der Waals surface area contributed by atoms with Gasteiger partial charge in [-0.05, 0) is 36.8 Å². The van der Waals surface area contributed by atoms with Gasteiger partial charge in [0.05, 0.1) is 34.1 Å². The number of aryl methyl sites for hydroxylation is 1. The first kappa shape index (κ1) is 15.8. The van der Waals surface area contributed by atoms with Gasteiger partial charge in [-0.3, -0.25) is 0 Å². The van der Waals surface area contributed by atoms with E-state index >= 15 is 0 Å². The first-order valence-corrected chi connectivity index (χ1v) is 9.48. The number of hydrogen-bond acceptors (Lipinski definition) is 4. The second-order valence-corrected chi connectivity index (χ2v) is 7.94. The van der Waals surface area contributed by atoms with E-state index in [4.69, 9.17) is 5.26 Å². The lowest BCUT2D eigenvalue weighted by molar-refractivity contribution is 0.407. The van der Waals surface area contributed by atoms with Crippen LogP contribution in [-0.2, 0) is 23.1 Å². The Morgan fingerprint density at radius 2 is 1.92 bits per heavy atom. The van der Waals surface area contributed by atoms with Crippen LogP contribution in [0.2, 0.25) is 0 Å². The van der Waals surface area contributed by atoms with Gasteiger partial charge in [-0.25, -0.2) is 13.4 Å². The Labute approximate surface area is 146 Å². The zero-order chi connectivity index (χ0) is 17.4. The summed E-state index contributed by atoms with van der Waals surface area (Å²) in [4.78, 5) is 4.76. The number of hydrogen-bond donors (Lipinski definition) is 0. The van der Waals surface area contributed by atoms with E-state index < -0.39 is 10.0 Å².